The van der Waals surface area contributed by atoms with Crippen LogP contribution in [-0.2, 0) is 0 Å². The molecule has 0 aliphatic carbocycles. The molecule has 286 valence electrons. The van der Waals surface area contributed by atoms with Crippen LogP contribution in [0.15, 0.2) is 229 Å². The molecule has 0 spiro atoms. The Hall–Kier alpha value is -7.72. The topological polar surface area (TPSA) is 16.4 Å². The second-order valence-corrected chi connectivity index (χ2v) is 16.7. The van der Waals surface area contributed by atoms with E-state index in [-0.39, 0.29) is 0 Å². The van der Waals surface area contributed by atoms with Crippen molar-refractivity contribution in [3.8, 4) is 44.5 Å². The lowest BCUT2D eigenvalue weighted by atomic mass is 9.91. The van der Waals surface area contributed by atoms with Crippen LogP contribution in [-0.4, -0.2) is 0 Å². The van der Waals surface area contributed by atoms with E-state index >= 15 is 0 Å². The van der Waals surface area contributed by atoms with Crippen LogP contribution in [0.5, 0.6) is 0 Å². The highest BCUT2D eigenvalue weighted by atomic mass is 32.1. The van der Waals surface area contributed by atoms with Crippen LogP contribution in [0.3, 0.4) is 0 Å². The highest BCUT2D eigenvalue weighted by Gasteiger charge is 2.24. The molecule has 0 aliphatic rings. The van der Waals surface area contributed by atoms with Gasteiger partial charge in [-0.3, -0.25) is 0 Å². The normalized spacial score (nSPS) is 11.6. The van der Waals surface area contributed by atoms with Gasteiger partial charge in [0, 0.05) is 42.2 Å². The van der Waals surface area contributed by atoms with E-state index in [1.54, 1.807) is 0 Å². The summed E-state index contributed by atoms with van der Waals surface area (Å²) < 4.78 is 9.36. The molecular formula is C58H37NOS. The molecule has 61 heavy (non-hydrogen) atoms. The third-order valence-corrected chi connectivity index (χ3v) is 13.2. The van der Waals surface area contributed by atoms with Crippen LogP contribution in [0, 0.1) is 0 Å². The van der Waals surface area contributed by atoms with Crippen LogP contribution in [0.2, 0.25) is 0 Å². The van der Waals surface area contributed by atoms with Crippen molar-refractivity contribution in [2.24, 2.45) is 0 Å². The first-order chi connectivity index (χ1) is 30.3. The number of furan rings is 1. The molecule has 12 aromatic rings. The Morgan fingerprint density at radius 2 is 0.984 bits per heavy atom. The number of thiophene rings is 1. The van der Waals surface area contributed by atoms with Crippen LogP contribution in [0.25, 0.3) is 97.4 Å². The van der Waals surface area contributed by atoms with Gasteiger partial charge in [0.05, 0.1) is 16.8 Å². The summed E-state index contributed by atoms with van der Waals surface area (Å²) in [5.41, 5.74) is 14.5. The van der Waals surface area contributed by atoms with Gasteiger partial charge >= 0.3 is 0 Å². The van der Waals surface area contributed by atoms with Crippen molar-refractivity contribution >= 4 is 81.3 Å². The second-order valence-electron chi connectivity index (χ2n) is 15.6. The summed E-state index contributed by atoms with van der Waals surface area (Å²) in [6.07, 6.45) is 0. The first-order valence-electron chi connectivity index (χ1n) is 20.7. The van der Waals surface area contributed by atoms with E-state index in [1.165, 1.54) is 59.1 Å². The minimum Gasteiger partial charge on any atom is -0.455 e. The molecule has 3 heteroatoms. The maximum Gasteiger partial charge on any atom is 0.143 e. The summed E-state index contributed by atoms with van der Waals surface area (Å²) in [6.45, 7) is 0. The van der Waals surface area contributed by atoms with E-state index in [0.717, 1.165) is 55.3 Å². The fourth-order valence-corrected chi connectivity index (χ4v) is 10.4. The van der Waals surface area contributed by atoms with Gasteiger partial charge in [-0.05, 0) is 98.9 Å². The van der Waals surface area contributed by atoms with Crippen LogP contribution >= 0.6 is 11.3 Å². The zero-order chi connectivity index (χ0) is 40.3. The average molecular weight is 796 g/mol. The Labute approximate surface area is 357 Å². The molecule has 0 bridgehead atoms. The maximum absolute atomic E-state index is 6.78. The predicted molar refractivity (Wildman–Crippen MR) is 261 cm³/mol. The zero-order valence-electron chi connectivity index (χ0n) is 33.1. The van der Waals surface area contributed by atoms with Crippen LogP contribution < -0.4 is 4.90 Å². The van der Waals surface area contributed by atoms with Crippen LogP contribution in [0.1, 0.15) is 0 Å². The third kappa shape index (κ3) is 5.93. The molecular weight excluding hydrogens is 759 g/mol. The number of anilines is 3. The molecule has 2 heterocycles. The van der Waals surface area contributed by atoms with Crippen molar-refractivity contribution in [1.29, 1.82) is 0 Å². The first-order valence-corrected chi connectivity index (χ1v) is 21.6. The molecule has 0 N–H and O–H groups in total. The number of nitrogens with zero attached hydrogens (tertiary/aromatic N) is 1. The molecule has 0 aliphatic heterocycles. The average Bonchev–Trinajstić information content (AvgIpc) is 3.92. The molecule has 0 unspecified atom stereocenters. The Kier molecular flexibility index (Phi) is 8.39. The number of para-hydroxylation sites is 1. The van der Waals surface area contributed by atoms with Crippen molar-refractivity contribution in [2.75, 3.05) is 4.90 Å². The van der Waals surface area contributed by atoms with Gasteiger partial charge in [0.15, 0.2) is 0 Å². The lowest BCUT2D eigenvalue weighted by molar-refractivity contribution is 0.672. The summed E-state index contributed by atoms with van der Waals surface area (Å²) in [7, 11) is 0. The molecule has 10 aromatic carbocycles. The summed E-state index contributed by atoms with van der Waals surface area (Å²) in [4.78, 5) is 2.44. The van der Waals surface area contributed by atoms with Crippen molar-refractivity contribution in [2.45, 2.75) is 0 Å². The van der Waals surface area contributed by atoms with Gasteiger partial charge in [0.1, 0.15) is 11.2 Å². The third-order valence-electron chi connectivity index (χ3n) is 12.1. The summed E-state index contributed by atoms with van der Waals surface area (Å²) in [5, 5.41) is 7.04. The Bertz CT molecular complexity index is 3580. The molecule has 0 saturated heterocycles. The number of benzene rings is 10. The van der Waals surface area contributed by atoms with E-state index < -0.39 is 0 Å². The SMILES string of the molecule is c1ccc(-c2ccc(-c3ccc(N(c4ccccc4-c4cccc5sc6ccccc6c45)c4cccc5oc6c7ccccc7ccc6c45)cc3)cc2-c2ccccc2)cc1. The standard InChI is InChI=1S/C58H37NOS/c1-3-15-39(16-4-1)44-35-32-42(37-50(44)40-17-5-2-6-18-40)38-29-33-43(34-30-38)59(52-25-14-26-53-57(52)49-36-31-41-19-7-8-20-45(41)58(49)60-53)51-24-11-9-21-46(51)47-23-13-28-55-56(47)48-22-10-12-27-54(48)61-55/h1-37H. The van der Waals surface area contributed by atoms with E-state index in [4.69, 9.17) is 4.42 Å². The first kappa shape index (κ1) is 35.2. The molecule has 0 saturated carbocycles. The largest absolute Gasteiger partial charge is 0.455 e. The van der Waals surface area contributed by atoms with Crippen molar-refractivity contribution in [3.63, 3.8) is 0 Å². The van der Waals surface area contributed by atoms with Crippen molar-refractivity contribution < 1.29 is 4.42 Å². The fraction of sp³-hybridized carbons (Fsp3) is 0. The molecule has 2 nitrogen and oxygen atoms in total. The number of hydrogen-bond acceptors (Lipinski definition) is 3. The highest BCUT2D eigenvalue weighted by Crippen LogP contribution is 2.49. The zero-order valence-corrected chi connectivity index (χ0v) is 33.9. The summed E-state index contributed by atoms with van der Waals surface area (Å²) in [6, 6.07) is 81.1. The van der Waals surface area contributed by atoms with Gasteiger partial charge in [-0.2, -0.15) is 0 Å². The number of fused-ring (bicyclic) bond motifs is 8. The maximum atomic E-state index is 6.78. The van der Waals surface area contributed by atoms with E-state index in [2.05, 4.69) is 229 Å². The van der Waals surface area contributed by atoms with E-state index in [9.17, 15) is 0 Å². The van der Waals surface area contributed by atoms with Gasteiger partial charge in [-0.1, -0.05) is 170 Å². The van der Waals surface area contributed by atoms with Gasteiger partial charge < -0.3 is 9.32 Å². The summed E-state index contributed by atoms with van der Waals surface area (Å²) in [5.74, 6) is 0. The van der Waals surface area contributed by atoms with E-state index in [1.807, 2.05) is 11.3 Å². The van der Waals surface area contributed by atoms with Gasteiger partial charge in [-0.25, -0.2) is 0 Å². The van der Waals surface area contributed by atoms with Gasteiger partial charge in [0.2, 0.25) is 0 Å². The molecule has 0 radical (unpaired) electrons. The van der Waals surface area contributed by atoms with Crippen molar-refractivity contribution in [3.05, 3.63) is 224 Å². The molecule has 12 rings (SSSR count). The number of hydrogen-bond donors (Lipinski definition) is 0. The minimum atomic E-state index is 0.862. The summed E-state index contributed by atoms with van der Waals surface area (Å²) >= 11 is 1.86. The monoisotopic (exact) mass is 795 g/mol. The lowest BCUT2D eigenvalue weighted by Gasteiger charge is -2.29. The second kappa shape index (κ2) is 14.5. The van der Waals surface area contributed by atoms with Crippen molar-refractivity contribution in [1.82, 2.24) is 0 Å². The molecule has 0 atom stereocenters. The van der Waals surface area contributed by atoms with Gasteiger partial charge in [-0.15, -0.1) is 11.3 Å². The molecule has 2 aromatic heterocycles. The molecule has 0 fully saturated rings. The Balaban J connectivity index is 1.07. The smallest absolute Gasteiger partial charge is 0.143 e. The minimum absolute atomic E-state index is 0.862. The Morgan fingerprint density at radius 3 is 1.82 bits per heavy atom. The van der Waals surface area contributed by atoms with E-state index in [0.29, 0.717) is 0 Å². The van der Waals surface area contributed by atoms with Gasteiger partial charge in [0.25, 0.3) is 0 Å². The highest BCUT2D eigenvalue weighted by molar-refractivity contribution is 7.25. The predicted octanol–water partition coefficient (Wildman–Crippen LogP) is 17.2. The van der Waals surface area contributed by atoms with Crippen LogP contribution in [0.4, 0.5) is 17.1 Å². The quantitative estimate of drug-likeness (QED) is 0.160. The molecule has 0 amide bonds. The lowest BCUT2D eigenvalue weighted by Crippen LogP contribution is -2.11. The Morgan fingerprint density at radius 1 is 0.344 bits per heavy atom. The fourth-order valence-electron chi connectivity index (χ4n) is 9.28. The number of rotatable bonds is 7.